The molecule has 0 bridgehead atoms. The molecule has 0 amide bonds. The minimum absolute atomic E-state index is 0.291. The van der Waals surface area contributed by atoms with E-state index in [-0.39, 0.29) is 5.82 Å². The second-order valence-electron chi connectivity index (χ2n) is 6.74. The zero-order chi connectivity index (χ0) is 21.6. The molecule has 0 unspecified atom stereocenters. The molecule has 31 heavy (non-hydrogen) atoms. The molecule has 0 spiro atoms. The Morgan fingerprint density at radius 1 is 1.03 bits per heavy atom. The number of nitrogens with one attached hydrogen (secondary N) is 1. The van der Waals surface area contributed by atoms with Crippen molar-refractivity contribution in [3.8, 4) is 11.5 Å². The van der Waals surface area contributed by atoms with E-state index in [1.54, 1.807) is 37.3 Å². The fraction of sp³-hybridized carbons (Fsp3) is 0.125. The van der Waals surface area contributed by atoms with Crippen LogP contribution in [0.4, 0.5) is 10.1 Å². The van der Waals surface area contributed by atoms with E-state index in [0.29, 0.717) is 29.6 Å². The van der Waals surface area contributed by atoms with E-state index in [4.69, 9.17) is 9.15 Å². The number of carbonyl (C=O) groups is 1. The Morgan fingerprint density at radius 2 is 1.81 bits per heavy atom. The lowest BCUT2D eigenvalue weighted by Crippen LogP contribution is -2.14. The van der Waals surface area contributed by atoms with E-state index >= 15 is 0 Å². The summed E-state index contributed by atoms with van der Waals surface area (Å²) in [7, 11) is 0. The average molecular weight is 417 g/mol. The van der Waals surface area contributed by atoms with Crippen molar-refractivity contribution in [2.45, 2.75) is 13.0 Å². The molecule has 6 nitrogen and oxygen atoms in total. The van der Waals surface area contributed by atoms with Gasteiger partial charge in [-0.05, 0) is 55.0 Å². The van der Waals surface area contributed by atoms with Crippen LogP contribution >= 0.6 is 0 Å². The second-order valence-corrected chi connectivity index (χ2v) is 6.74. The summed E-state index contributed by atoms with van der Waals surface area (Å²) in [5.74, 6) is -0.0623. The van der Waals surface area contributed by atoms with Crippen molar-refractivity contribution in [2.24, 2.45) is 0 Å². The van der Waals surface area contributed by atoms with Gasteiger partial charge in [0.25, 0.3) is 0 Å². The lowest BCUT2D eigenvalue weighted by molar-refractivity contribution is 0.0526. The molecule has 1 atom stereocenters. The van der Waals surface area contributed by atoms with Gasteiger partial charge in [-0.3, -0.25) is 0 Å². The molecule has 4 aromatic rings. The molecule has 1 heterocycles. The number of hydrogen-bond donors (Lipinski definition) is 1. The summed E-state index contributed by atoms with van der Waals surface area (Å²) in [6, 6.07) is 21.8. The van der Waals surface area contributed by atoms with Gasteiger partial charge in [0.1, 0.15) is 11.9 Å². The van der Waals surface area contributed by atoms with Crippen molar-refractivity contribution >= 4 is 11.7 Å². The van der Waals surface area contributed by atoms with Crippen LogP contribution < -0.4 is 5.32 Å². The Morgan fingerprint density at radius 3 is 2.55 bits per heavy atom. The number of ether oxygens (including phenoxy) is 1. The highest BCUT2D eigenvalue weighted by atomic mass is 19.1. The Balaban J connectivity index is 1.68. The van der Waals surface area contributed by atoms with E-state index in [9.17, 15) is 9.18 Å². The number of rotatable bonds is 7. The zero-order valence-electron chi connectivity index (χ0n) is 16.8. The highest BCUT2D eigenvalue weighted by Gasteiger charge is 2.22. The fourth-order valence-electron chi connectivity index (χ4n) is 3.11. The molecule has 0 fully saturated rings. The summed E-state index contributed by atoms with van der Waals surface area (Å²) in [5, 5.41) is 11.7. The Kier molecular flexibility index (Phi) is 6.03. The molecule has 0 aliphatic carbocycles. The molecule has 4 rings (SSSR count). The maximum atomic E-state index is 13.5. The van der Waals surface area contributed by atoms with E-state index in [1.807, 2.05) is 36.4 Å². The largest absolute Gasteiger partial charge is 0.462 e. The summed E-state index contributed by atoms with van der Waals surface area (Å²) >= 11 is 0. The first-order valence-corrected chi connectivity index (χ1v) is 9.82. The van der Waals surface area contributed by atoms with Crippen LogP contribution in [0.3, 0.4) is 0 Å². The molecule has 0 aliphatic heterocycles. The fourth-order valence-corrected chi connectivity index (χ4v) is 3.11. The molecule has 0 saturated heterocycles. The van der Waals surface area contributed by atoms with Gasteiger partial charge in [0.2, 0.25) is 11.8 Å². The Hall–Kier alpha value is -4.00. The topological polar surface area (TPSA) is 77.2 Å². The maximum Gasteiger partial charge on any atom is 0.338 e. The summed E-state index contributed by atoms with van der Waals surface area (Å²) in [4.78, 5) is 12.1. The van der Waals surface area contributed by atoms with Crippen molar-refractivity contribution in [1.82, 2.24) is 10.2 Å². The third-order valence-corrected chi connectivity index (χ3v) is 4.60. The van der Waals surface area contributed by atoms with E-state index < -0.39 is 12.0 Å². The van der Waals surface area contributed by atoms with Crippen LogP contribution in [0, 0.1) is 5.82 Å². The van der Waals surface area contributed by atoms with Crippen LogP contribution in [0.25, 0.3) is 11.5 Å². The summed E-state index contributed by atoms with van der Waals surface area (Å²) in [6.07, 6.45) is 0. The first kappa shape index (κ1) is 20.3. The summed E-state index contributed by atoms with van der Waals surface area (Å²) < 4.78 is 24.5. The third-order valence-electron chi connectivity index (χ3n) is 4.60. The van der Waals surface area contributed by atoms with Gasteiger partial charge in [-0.15, -0.1) is 10.2 Å². The average Bonchev–Trinajstić information content (AvgIpc) is 3.29. The molecular formula is C24H20FN3O3. The number of anilines is 1. The van der Waals surface area contributed by atoms with E-state index in [1.165, 1.54) is 12.1 Å². The molecule has 3 aromatic carbocycles. The van der Waals surface area contributed by atoms with Crippen LogP contribution in [-0.2, 0) is 4.74 Å². The van der Waals surface area contributed by atoms with Gasteiger partial charge in [-0.25, -0.2) is 9.18 Å². The highest BCUT2D eigenvalue weighted by molar-refractivity contribution is 5.90. The predicted octanol–water partition coefficient (Wildman–Crippen LogP) is 5.25. The molecule has 7 heteroatoms. The van der Waals surface area contributed by atoms with Gasteiger partial charge >= 0.3 is 5.97 Å². The van der Waals surface area contributed by atoms with Gasteiger partial charge in [0.15, 0.2) is 0 Å². The monoisotopic (exact) mass is 417 g/mol. The van der Waals surface area contributed by atoms with Gasteiger partial charge < -0.3 is 14.5 Å². The number of nitrogens with zero attached hydrogens (tertiary/aromatic N) is 2. The minimum Gasteiger partial charge on any atom is -0.462 e. The van der Waals surface area contributed by atoms with Gasteiger partial charge in [0.05, 0.1) is 12.2 Å². The first-order chi connectivity index (χ1) is 15.1. The molecule has 0 saturated carbocycles. The van der Waals surface area contributed by atoms with Gasteiger partial charge in [-0.1, -0.05) is 36.4 Å². The standard InChI is InChI=1S/C24H20FN3O3/c1-2-30-24(29)18-9-6-10-20(15-18)26-21(16-11-13-19(25)14-12-16)23-28-27-22(31-23)17-7-4-3-5-8-17/h3-15,21,26H,2H2,1H3/t21-/m1/s1. The van der Waals surface area contributed by atoms with Gasteiger partial charge in [0, 0.05) is 11.3 Å². The van der Waals surface area contributed by atoms with Crippen LogP contribution in [0.15, 0.2) is 83.3 Å². The van der Waals surface area contributed by atoms with Crippen molar-refractivity contribution in [3.63, 3.8) is 0 Å². The molecule has 0 radical (unpaired) electrons. The number of benzene rings is 3. The zero-order valence-corrected chi connectivity index (χ0v) is 16.8. The molecule has 1 N–H and O–H groups in total. The quantitative estimate of drug-likeness (QED) is 0.414. The first-order valence-electron chi connectivity index (χ1n) is 9.82. The van der Waals surface area contributed by atoms with Crippen molar-refractivity contribution in [2.75, 3.05) is 11.9 Å². The third kappa shape index (κ3) is 4.78. The van der Waals surface area contributed by atoms with Crippen LogP contribution in [-0.4, -0.2) is 22.8 Å². The van der Waals surface area contributed by atoms with E-state index in [0.717, 1.165) is 11.1 Å². The van der Waals surface area contributed by atoms with Gasteiger partial charge in [-0.2, -0.15) is 0 Å². The van der Waals surface area contributed by atoms with Crippen molar-refractivity contribution in [1.29, 1.82) is 0 Å². The summed E-state index contributed by atoms with van der Waals surface area (Å²) in [5.41, 5.74) is 2.59. The van der Waals surface area contributed by atoms with E-state index in [2.05, 4.69) is 15.5 Å². The number of aromatic nitrogens is 2. The Bertz CT molecular complexity index is 1160. The number of halogens is 1. The minimum atomic E-state index is -0.553. The molecule has 0 aliphatic rings. The van der Waals surface area contributed by atoms with Crippen molar-refractivity contribution < 1.29 is 18.3 Å². The van der Waals surface area contributed by atoms with Crippen LogP contribution in [0.2, 0.25) is 0 Å². The lowest BCUT2D eigenvalue weighted by atomic mass is 10.1. The molecular weight excluding hydrogens is 397 g/mol. The SMILES string of the molecule is CCOC(=O)c1cccc(N[C@H](c2ccc(F)cc2)c2nnc(-c3ccccc3)o2)c1. The number of carbonyl (C=O) groups excluding carboxylic acids is 1. The smallest absolute Gasteiger partial charge is 0.338 e. The van der Waals surface area contributed by atoms with Crippen LogP contribution in [0.5, 0.6) is 0 Å². The lowest BCUT2D eigenvalue weighted by Gasteiger charge is -2.17. The molecule has 156 valence electrons. The number of hydrogen-bond acceptors (Lipinski definition) is 6. The Labute approximate surface area is 178 Å². The van der Waals surface area contributed by atoms with Crippen molar-refractivity contribution in [3.05, 3.63) is 102 Å². The maximum absolute atomic E-state index is 13.5. The summed E-state index contributed by atoms with van der Waals surface area (Å²) in [6.45, 7) is 2.05. The normalized spacial score (nSPS) is 11.7. The van der Waals surface area contributed by atoms with Crippen LogP contribution in [0.1, 0.15) is 34.8 Å². The second kappa shape index (κ2) is 9.21. The molecule has 1 aromatic heterocycles. The highest BCUT2D eigenvalue weighted by Crippen LogP contribution is 2.29. The predicted molar refractivity (Wildman–Crippen MR) is 114 cm³/mol. The number of esters is 1.